The minimum atomic E-state index is -2.77. The molecular weight excluding hydrogens is 278 g/mol. The van der Waals surface area contributed by atoms with E-state index in [1.165, 1.54) is 14.2 Å². The molecule has 0 amide bonds. The van der Waals surface area contributed by atoms with Gasteiger partial charge in [-0.1, -0.05) is 30.3 Å². The summed E-state index contributed by atoms with van der Waals surface area (Å²) in [4.78, 5) is 0. The van der Waals surface area contributed by atoms with Gasteiger partial charge in [0.1, 0.15) is 5.60 Å². The molecule has 1 aliphatic carbocycles. The van der Waals surface area contributed by atoms with E-state index >= 15 is 0 Å². The van der Waals surface area contributed by atoms with Crippen LogP contribution in [0.15, 0.2) is 30.3 Å². The Labute approximate surface area is 124 Å². The van der Waals surface area contributed by atoms with Crippen molar-refractivity contribution >= 4 is 0 Å². The summed E-state index contributed by atoms with van der Waals surface area (Å²) in [6, 6.07) is 9.46. The van der Waals surface area contributed by atoms with E-state index in [9.17, 15) is 8.78 Å². The van der Waals surface area contributed by atoms with Crippen LogP contribution in [0.25, 0.3) is 0 Å². The van der Waals surface area contributed by atoms with Crippen LogP contribution in [0.2, 0.25) is 0 Å². The van der Waals surface area contributed by atoms with Gasteiger partial charge in [-0.2, -0.15) is 0 Å². The van der Waals surface area contributed by atoms with Crippen molar-refractivity contribution in [2.24, 2.45) is 0 Å². The van der Waals surface area contributed by atoms with Crippen molar-refractivity contribution in [3.63, 3.8) is 0 Å². The maximum atomic E-state index is 13.9. The van der Waals surface area contributed by atoms with Crippen LogP contribution in [0.4, 0.5) is 8.78 Å². The highest BCUT2D eigenvalue weighted by molar-refractivity contribution is 5.14. The molecule has 0 saturated heterocycles. The quantitative estimate of drug-likeness (QED) is 0.775. The Bertz CT molecular complexity index is 460. The molecule has 1 saturated carbocycles. The Morgan fingerprint density at radius 2 is 1.67 bits per heavy atom. The SMILES string of the molecule is COC1(OC)CCC(F)(F)CC1(C)OCc1ccccc1. The van der Waals surface area contributed by atoms with Crippen LogP contribution < -0.4 is 0 Å². The standard InChI is InChI=1S/C16H22F2O3/c1-14(21-11-13-7-5-4-6-8-13)12-15(17,18)9-10-16(14,19-2)20-3/h4-8H,9-12H2,1-3H3. The zero-order valence-electron chi connectivity index (χ0n) is 12.7. The Morgan fingerprint density at radius 3 is 2.24 bits per heavy atom. The maximum Gasteiger partial charge on any atom is 0.251 e. The molecule has 5 heteroatoms. The van der Waals surface area contributed by atoms with Crippen molar-refractivity contribution in [3.8, 4) is 0 Å². The van der Waals surface area contributed by atoms with Crippen molar-refractivity contribution in [2.45, 2.75) is 50.1 Å². The molecule has 2 rings (SSSR count). The number of halogens is 2. The molecule has 118 valence electrons. The van der Waals surface area contributed by atoms with Crippen molar-refractivity contribution in [1.29, 1.82) is 0 Å². The average Bonchev–Trinajstić information content (AvgIpc) is 2.46. The lowest BCUT2D eigenvalue weighted by atomic mass is 9.77. The van der Waals surface area contributed by atoms with Crippen LogP contribution in [0.1, 0.15) is 31.7 Å². The van der Waals surface area contributed by atoms with Gasteiger partial charge in [-0.15, -0.1) is 0 Å². The minimum absolute atomic E-state index is 0.0955. The number of rotatable bonds is 5. The number of hydrogen-bond acceptors (Lipinski definition) is 3. The summed E-state index contributed by atoms with van der Waals surface area (Å²) in [6.07, 6.45) is -0.591. The molecule has 0 spiro atoms. The summed E-state index contributed by atoms with van der Waals surface area (Å²) >= 11 is 0. The van der Waals surface area contributed by atoms with Gasteiger partial charge < -0.3 is 14.2 Å². The van der Waals surface area contributed by atoms with Gasteiger partial charge in [-0.3, -0.25) is 0 Å². The van der Waals surface area contributed by atoms with Gasteiger partial charge in [-0.25, -0.2) is 8.78 Å². The molecule has 1 aromatic rings. The highest BCUT2D eigenvalue weighted by Gasteiger charge is 2.60. The summed E-state index contributed by atoms with van der Waals surface area (Å²) in [5.74, 6) is -3.92. The van der Waals surface area contributed by atoms with E-state index in [2.05, 4.69) is 0 Å². The fraction of sp³-hybridized carbons (Fsp3) is 0.625. The van der Waals surface area contributed by atoms with Crippen LogP contribution in [0.3, 0.4) is 0 Å². The Kier molecular flexibility index (Phi) is 4.66. The van der Waals surface area contributed by atoms with E-state index in [1.54, 1.807) is 6.92 Å². The van der Waals surface area contributed by atoms with E-state index < -0.39 is 23.7 Å². The molecule has 1 unspecified atom stereocenters. The molecule has 0 N–H and O–H groups in total. The Balaban J connectivity index is 2.20. The second-order valence-electron chi connectivity index (χ2n) is 5.70. The maximum absolute atomic E-state index is 13.9. The molecule has 0 bridgehead atoms. The summed E-state index contributed by atoms with van der Waals surface area (Å²) in [5.41, 5.74) is -0.289. The molecule has 3 nitrogen and oxygen atoms in total. The van der Waals surface area contributed by atoms with Crippen LogP contribution in [0, 0.1) is 0 Å². The molecule has 0 aliphatic heterocycles. The molecule has 0 radical (unpaired) electrons. The number of methoxy groups -OCH3 is 2. The molecule has 0 aromatic heterocycles. The topological polar surface area (TPSA) is 27.7 Å². The lowest BCUT2D eigenvalue weighted by molar-refractivity contribution is -0.347. The zero-order valence-corrected chi connectivity index (χ0v) is 12.7. The van der Waals surface area contributed by atoms with Crippen LogP contribution in [-0.4, -0.2) is 31.5 Å². The fourth-order valence-corrected chi connectivity index (χ4v) is 3.03. The van der Waals surface area contributed by atoms with Crippen molar-refractivity contribution < 1.29 is 23.0 Å². The van der Waals surface area contributed by atoms with Gasteiger partial charge in [0.2, 0.25) is 0 Å². The first-order valence-corrected chi connectivity index (χ1v) is 7.02. The summed E-state index contributed by atoms with van der Waals surface area (Å²) < 4.78 is 44.5. The molecule has 21 heavy (non-hydrogen) atoms. The molecule has 1 aliphatic rings. The van der Waals surface area contributed by atoms with Gasteiger partial charge in [0.25, 0.3) is 5.92 Å². The molecule has 1 fully saturated rings. The smallest absolute Gasteiger partial charge is 0.251 e. The molecular formula is C16H22F2O3. The lowest BCUT2D eigenvalue weighted by Crippen LogP contribution is -2.62. The summed E-state index contributed by atoms with van der Waals surface area (Å²) in [6.45, 7) is 1.87. The zero-order chi connectivity index (χ0) is 15.6. The largest absolute Gasteiger partial charge is 0.365 e. The number of benzene rings is 1. The monoisotopic (exact) mass is 300 g/mol. The van der Waals surface area contributed by atoms with Gasteiger partial charge >= 0.3 is 0 Å². The van der Waals surface area contributed by atoms with Crippen LogP contribution in [-0.2, 0) is 20.8 Å². The Hall–Kier alpha value is -1.04. The van der Waals surface area contributed by atoms with Gasteiger partial charge in [0, 0.05) is 33.5 Å². The number of ether oxygens (including phenoxy) is 3. The fourth-order valence-electron chi connectivity index (χ4n) is 3.03. The Morgan fingerprint density at radius 1 is 1.05 bits per heavy atom. The average molecular weight is 300 g/mol. The summed E-state index contributed by atoms with van der Waals surface area (Å²) in [5, 5.41) is 0. The van der Waals surface area contributed by atoms with Gasteiger partial charge in [-0.05, 0) is 12.5 Å². The second-order valence-corrected chi connectivity index (χ2v) is 5.70. The van der Waals surface area contributed by atoms with Gasteiger partial charge in [0.05, 0.1) is 6.61 Å². The van der Waals surface area contributed by atoms with Crippen LogP contribution >= 0.6 is 0 Å². The van der Waals surface area contributed by atoms with E-state index in [0.717, 1.165) is 5.56 Å². The predicted molar refractivity (Wildman–Crippen MR) is 75.2 cm³/mol. The third kappa shape index (κ3) is 3.25. The minimum Gasteiger partial charge on any atom is -0.365 e. The van der Waals surface area contributed by atoms with Crippen molar-refractivity contribution in [1.82, 2.24) is 0 Å². The highest BCUT2D eigenvalue weighted by atomic mass is 19.3. The highest BCUT2D eigenvalue weighted by Crippen LogP contribution is 2.49. The van der Waals surface area contributed by atoms with Crippen LogP contribution in [0.5, 0.6) is 0 Å². The first kappa shape index (κ1) is 16.3. The molecule has 0 heterocycles. The van der Waals surface area contributed by atoms with Crippen molar-refractivity contribution in [2.75, 3.05) is 14.2 Å². The molecule has 1 atom stereocenters. The first-order valence-electron chi connectivity index (χ1n) is 7.02. The third-order valence-corrected chi connectivity index (χ3v) is 4.28. The second kappa shape index (κ2) is 5.99. The molecule has 1 aromatic carbocycles. The van der Waals surface area contributed by atoms with E-state index in [4.69, 9.17) is 14.2 Å². The van der Waals surface area contributed by atoms with Gasteiger partial charge in [0.15, 0.2) is 5.79 Å². The third-order valence-electron chi connectivity index (χ3n) is 4.28. The summed E-state index contributed by atoms with van der Waals surface area (Å²) in [7, 11) is 2.94. The van der Waals surface area contributed by atoms with E-state index in [1.807, 2.05) is 30.3 Å². The normalized spacial score (nSPS) is 27.5. The number of alkyl halides is 2. The number of hydrogen-bond donors (Lipinski definition) is 0. The van der Waals surface area contributed by atoms with Crippen molar-refractivity contribution in [3.05, 3.63) is 35.9 Å². The van der Waals surface area contributed by atoms with E-state index in [0.29, 0.717) is 0 Å². The van der Waals surface area contributed by atoms with E-state index in [-0.39, 0.29) is 19.4 Å². The lowest BCUT2D eigenvalue weighted by Gasteiger charge is -2.50. The first-order chi connectivity index (χ1) is 9.86. The predicted octanol–water partition coefficient (Wildman–Crippen LogP) is 3.77.